The number of nitrogens with one attached hydrogen (secondary N) is 1. The molecular weight excluding hydrogens is 316 g/mol. The van der Waals surface area contributed by atoms with E-state index >= 15 is 0 Å². The lowest BCUT2D eigenvalue weighted by molar-refractivity contribution is 0.0935. The fraction of sp³-hybridized carbons (Fsp3) is 0.368. The van der Waals surface area contributed by atoms with Crippen LogP contribution >= 0.6 is 0 Å². The van der Waals surface area contributed by atoms with Gasteiger partial charge < -0.3 is 19.4 Å². The van der Waals surface area contributed by atoms with Crippen LogP contribution < -0.4 is 5.32 Å². The molecule has 6 nitrogen and oxygen atoms in total. The molecule has 130 valence electrons. The molecule has 0 radical (unpaired) electrons. The van der Waals surface area contributed by atoms with Crippen molar-refractivity contribution < 1.29 is 9.90 Å². The van der Waals surface area contributed by atoms with Gasteiger partial charge in [0.2, 0.25) is 0 Å². The predicted molar refractivity (Wildman–Crippen MR) is 94.7 cm³/mol. The van der Waals surface area contributed by atoms with E-state index in [1.165, 1.54) is 5.69 Å². The van der Waals surface area contributed by atoms with E-state index in [2.05, 4.69) is 14.9 Å². The Balaban J connectivity index is 1.51. The lowest BCUT2D eigenvalue weighted by Crippen LogP contribution is -2.39. The number of amides is 1. The van der Waals surface area contributed by atoms with E-state index in [4.69, 9.17) is 0 Å². The van der Waals surface area contributed by atoms with E-state index in [1.54, 1.807) is 0 Å². The Morgan fingerprint density at radius 1 is 1.36 bits per heavy atom. The molecule has 3 aromatic rings. The van der Waals surface area contributed by atoms with Crippen LogP contribution in [0.25, 0.3) is 5.52 Å². The smallest absolute Gasteiger partial charge is 0.253 e. The summed E-state index contributed by atoms with van der Waals surface area (Å²) < 4.78 is 4.04. The van der Waals surface area contributed by atoms with Gasteiger partial charge in [-0.1, -0.05) is 6.07 Å². The molecule has 1 amide bonds. The number of aryl methyl sites for hydroxylation is 1. The minimum atomic E-state index is -0.0336. The lowest BCUT2D eigenvalue weighted by Gasteiger charge is -2.23. The lowest BCUT2D eigenvalue weighted by atomic mass is 9.95. The number of aliphatic hydroxyl groups is 1. The van der Waals surface area contributed by atoms with E-state index in [-0.39, 0.29) is 18.6 Å². The summed E-state index contributed by atoms with van der Waals surface area (Å²) >= 11 is 0. The number of imidazole rings is 1. The van der Waals surface area contributed by atoms with Crippen molar-refractivity contribution in [3.63, 3.8) is 0 Å². The molecular formula is C19H22N4O2. The van der Waals surface area contributed by atoms with Crippen LogP contribution in [0, 0.1) is 6.92 Å². The topological polar surface area (TPSA) is 71.6 Å². The van der Waals surface area contributed by atoms with E-state index in [0.717, 1.165) is 36.3 Å². The van der Waals surface area contributed by atoms with Gasteiger partial charge in [-0.25, -0.2) is 4.98 Å². The highest BCUT2D eigenvalue weighted by molar-refractivity contribution is 6.01. The average Bonchev–Trinajstić information content (AvgIpc) is 3.16. The van der Waals surface area contributed by atoms with Gasteiger partial charge in [-0.2, -0.15) is 0 Å². The van der Waals surface area contributed by atoms with Gasteiger partial charge in [-0.3, -0.25) is 4.79 Å². The molecule has 2 N–H and O–H groups in total. The van der Waals surface area contributed by atoms with Crippen molar-refractivity contribution in [1.29, 1.82) is 0 Å². The first kappa shape index (κ1) is 15.9. The quantitative estimate of drug-likeness (QED) is 0.761. The third kappa shape index (κ3) is 2.82. The van der Waals surface area contributed by atoms with Crippen LogP contribution in [0.15, 0.2) is 36.7 Å². The van der Waals surface area contributed by atoms with Crippen molar-refractivity contribution in [3.8, 4) is 0 Å². The summed E-state index contributed by atoms with van der Waals surface area (Å²) in [5, 5.41) is 12.4. The number of carbonyl (C=O) groups is 1. The first-order valence-electron chi connectivity index (χ1n) is 8.69. The number of carbonyl (C=O) groups excluding carboxylic acids is 1. The third-order valence-corrected chi connectivity index (χ3v) is 4.99. The zero-order chi connectivity index (χ0) is 17.4. The van der Waals surface area contributed by atoms with Crippen LogP contribution in [0.1, 0.15) is 34.0 Å². The highest BCUT2D eigenvalue weighted by atomic mass is 16.3. The molecule has 4 rings (SSSR count). The summed E-state index contributed by atoms with van der Waals surface area (Å²) in [6.45, 7) is 2.67. The molecule has 0 aliphatic heterocycles. The predicted octanol–water partition coefficient (Wildman–Crippen LogP) is 1.72. The van der Waals surface area contributed by atoms with Crippen molar-refractivity contribution >= 4 is 11.4 Å². The Bertz CT molecular complexity index is 925. The minimum absolute atomic E-state index is 0.0336. The maximum atomic E-state index is 12.7. The number of aromatic nitrogens is 3. The summed E-state index contributed by atoms with van der Waals surface area (Å²) in [5.74, 6) is 0.901. The summed E-state index contributed by atoms with van der Waals surface area (Å²) in [7, 11) is 0. The van der Waals surface area contributed by atoms with E-state index in [9.17, 15) is 9.90 Å². The van der Waals surface area contributed by atoms with Crippen molar-refractivity contribution in [3.05, 3.63) is 59.4 Å². The maximum absolute atomic E-state index is 12.7. The van der Waals surface area contributed by atoms with Crippen molar-refractivity contribution in [1.82, 2.24) is 19.3 Å². The highest BCUT2D eigenvalue weighted by Gasteiger charge is 2.26. The molecule has 0 saturated carbocycles. The Morgan fingerprint density at radius 3 is 3.08 bits per heavy atom. The fourth-order valence-corrected chi connectivity index (χ4v) is 3.79. The molecule has 3 aromatic heterocycles. The van der Waals surface area contributed by atoms with Gasteiger partial charge in [0.15, 0.2) is 0 Å². The molecule has 6 heteroatoms. The number of pyridine rings is 1. The van der Waals surface area contributed by atoms with Gasteiger partial charge >= 0.3 is 0 Å². The van der Waals surface area contributed by atoms with E-state index in [1.807, 2.05) is 48.0 Å². The highest BCUT2D eigenvalue weighted by Crippen LogP contribution is 2.23. The second kappa shape index (κ2) is 6.37. The summed E-state index contributed by atoms with van der Waals surface area (Å²) in [5.41, 5.74) is 3.86. The number of aliphatic hydroxyl groups excluding tert-OH is 1. The Labute approximate surface area is 146 Å². The molecule has 25 heavy (non-hydrogen) atoms. The van der Waals surface area contributed by atoms with Crippen LogP contribution in [-0.4, -0.2) is 37.6 Å². The normalized spacial score (nSPS) is 16.8. The van der Waals surface area contributed by atoms with Gasteiger partial charge in [0, 0.05) is 37.1 Å². The molecule has 0 fully saturated rings. The molecule has 0 aromatic carbocycles. The van der Waals surface area contributed by atoms with Crippen LogP contribution in [0.3, 0.4) is 0 Å². The molecule has 0 spiro atoms. The fourth-order valence-electron chi connectivity index (χ4n) is 3.79. The van der Waals surface area contributed by atoms with Crippen LogP contribution in [0.4, 0.5) is 0 Å². The van der Waals surface area contributed by atoms with Crippen molar-refractivity contribution in [2.45, 2.75) is 38.8 Å². The molecule has 1 unspecified atom stereocenters. The second-order valence-electron chi connectivity index (χ2n) is 6.56. The number of hydrogen-bond donors (Lipinski definition) is 2. The standard InChI is InChI=1S/C19H22N4O2/c1-13-20-16-12-14(5-6-18(16)23(13)10-11-24)21-19(25)15-7-9-22-8-3-2-4-17(15)22/h2-4,7-9,14,24H,5-6,10-12H2,1H3,(H,21,25). The van der Waals surface area contributed by atoms with Crippen LogP contribution in [-0.2, 0) is 19.4 Å². The average molecular weight is 338 g/mol. The number of fused-ring (bicyclic) bond motifs is 2. The SMILES string of the molecule is Cc1nc2c(n1CCO)CCC(NC(=O)c1ccn3ccccc13)C2. The second-order valence-corrected chi connectivity index (χ2v) is 6.56. The van der Waals surface area contributed by atoms with E-state index < -0.39 is 0 Å². The minimum Gasteiger partial charge on any atom is -0.395 e. The molecule has 1 aliphatic carbocycles. The summed E-state index contributed by atoms with van der Waals surface area (Å²) in [6, 6.07) is 7.79. The Hall–Kier alpha value is -2.60. The zero-order valence-electron chi connectivity index (χ0n) is 14.3. The first-order valence-corrected chi connectivity index (χ1v) is 8.69. The van der Waals surface area contributed by atoms with Gasteiger partial charge in [0.1, 0.15) is 5.82 Å². The summed E-state index contributed by atoms with van der Waals surface area (Å²) in [4.78, 5) is 17.3. The number of nitrogens with zero attached hydrogens (tertiary/aromatic N) is 3. The van der Waals surface area contributed by atoms with Gasteiger partial charge in [0.05, 0.1) is 23.4 Å². The molecule has 0 bridgehead atoms. The third-order valence-electron chi connectivity index (χ3n) is 4.99. The Kier molecular flexibility index (Phi) is 4.05. The maximum Gasteiger partial charge on any atom is 0.253 e. The first-order chi connectivity index (χ1) is 12.2. The van der Waals surface area contributed by atoms with Gasteiger partial charge in [0.25, 0.3) is 5.91 Å². The van der Waals surface area contributed by atoms with Crippen molar-refractivity contribution in [2.24, 2.45) is 0 Å². The van der Waals surface area contributed by atoms with Gasteiger partial charge in [-0.15, -0.1) is 0 Å². The van der Waals surface area contributed by atoms with Crippen LogP contribution in [0.5, 0.6) is 0 Å². The van der Waals surface area contributed by atoms with Gasteiger partial charge in [-0.05, 0) is 38.0 Å². The molecule has 3 heterocycles. The molecule has 1 aliphatic rings. The summed E-state index contributed by atoms with van der Waals surface area (Å²) in [6.07, 6.45) is 6.35. The monoisotopic (exact) mass is 338 g/mol. The zero-order valence-corrected chi connectivity index (χ0v) is 14.3. The number of hydrogen-bond acceptors (Lipinski definition) is 3. The number of rotatable bonds is 4. The Morgan fingerprint density at radius 2 is 2.24 bits per heavy atom. The van der Waals surface area contributed by atoms with Crippen LogP contribution in [0.2, 0.25) is 0 Å². The molecule has 1 atom stereocenters. The molecule has 0 saturated heterocycles. The largest absolute Gasteiger partial charge is 0.395 e. The van der Waals surface area contributed by atoms with Crippen molar-refractivity contribution in [2.75, 3.05) is 6.61 Å². The van der Waals surface area contributed by atoms with E-state index in [0.29, 0.717) is 12.1 Å².